The number of ether oxygens (including phenoxy) is 3. The number of carboxylic acids is 1. The van der Waals surface area contributed by atoms with E-state index in [2.05, 4.69) is 20.4 Å². The third kappa shape index (κ3) is 18.6. The Bertz CT molecular complexity index is 3640. The fraction of sp³-hybridized carbons (Fsp3) is 0.389. The van der Waals surface area contributed by atoms with E-state index in [0.717, 1.165) is 39.8 Å². The van der Waals surface area contributed by atoms with Gasteiger partial charge in [0.2, 0.25) is 23.6 Å². The van der Waals surface area contributed by atoms with Gasteiger partial charge in [-0.05, 0) is 138 Å². The SMILES string of the molecule is Cc1cc(NC(=O)C(CCC2(N(C)C)COC2)NC(=O)[C@@H]2Cc3ccccc3CN2C(=O)CCC(=O)c2ccccc2)ccc1Cl.Cc1cc(OC(=O)C(N)CCC2(N(C)C)COC2)ccc1Cl.O=C(CCC(=O)N1Cc2ccccc2C[C@H]1C(=O)O)c1ccccc1. The van der Waals surface area contributed by atoms with E-state index in [-0.39, 0.29) is 79.1 Å². The molecule has 0 bridgehead atoms. The smallest absolute Gasteiger partial charge is 0.328 e. The number of aryl methyl sites for hydroxylation is 2. The van der Waals surface area contributed by atoms with E-state index < -0.39 is 42.0 Å². The highest BCUT2D eigenvalue weighted by Gasteiger charge is 2.44. The molecule has 4 aliphatic heterocycles. The van der Waals surface area contributed by atoms with Crippen molar-refractivity contribution < 1.29 is 57.7 Å². The number of esters is 1. The van der Waals surface area contributed by atoms with Gasteiger partial charge < -0.3 is 45.5 Å². The van der Waals surface area contributed by atoms with Gasteiger partial charge in [-0.25, -0.2) is 9.59 Å². The van der Waals surface area contributed by atoms with Crippen molar-refractivity contribution in [3.8, 4) is 5.75 Å². The Balaban J connectivity index is 0.000000198. The van der Waals surface area contributed by atoms with Crippen molar-refractivity contribution in [1.82, 2.24) is 24.9 Å². The zero-order valence-corrected chi connectivity index (χ0v) is 55.1. The number of Topliss-reactive ketones (excluding diaryl/α,β-unsaturated/α-hetero) is 2. The van der Waals surface area contributed by atoms with E-state index in [9.17, 15) is 43.5 Å². The minimum absolute atomic E-state index is 0.00520. The van der Waals surface area contributed by atoms with Gasteiger partial charge in [-0.3, -0.25) is 38.6 Å². The topological polar surface area (TPSA) is 248 Å². The molecule has 4 atom stereocenters. The van der Waals surface area contributed by atoms with Crippen molar-refractivity contribution in [2.24, 2.45) is 5.73 Å². The van der Waals surface area contributed by atoms with Gasteiger partial charge >= 0.3 is 11.9 Å². The standard InChI is InChI=1S/C36H41ClN4O5.C20H19NO4.C16H23ClN2O3/c1-24-19-28(13-14-29(24)37)38-34(44)30(17-18-36(40(2)3)22-46-23-36)39-35(45)31-20-26-11-7-8-12-27(26)21-41(31)33(43)16-15-32(42)25-9-5-4-6-10-25;22-18(14-6-2-1-3-7-14)10-11-19(23)21-13-16-9-5-4-8-15(16)12-17(21)20(24)25;1-11-8-12(4-5-13(11)17)22-15(20)14(18)6-7-16(19(2)3)9-21-10-16/h4-14,19,30-31H,15-18,20-23H2,1-3H3,(H,38,44)(H,39,45);1-9,17H,10-13H2,(H,24,25);4-5,8,14H,6-7,9-10,18H2,1-3H3/t30?,31-;17-;/m00./s1. The molecule has 19 nitrogen and oxygen atoms in total. The van der Waals surface area contributed by atoms with Gasteiger partial charge in [0.1, 0.15) is 29.9 Å². The molecule has 2 fully saturated rings. The van der Waals surface area contributed by atoms with Gasteiger partial charge in [0.15, 0.2) is 11.6 Å². The summed E-state index contributed by atoms with van der Waals surface area (Å²) in [7, 11) is 8.00. The predicted molar refractivity (Wildman–Crippen MR) is 356 cm³/mol. The summed E-state index contributed by atoms with van der Waals surface area (Å²) in [5, 5.41) is 16.7. The van der Waals surface area contributed by atoms with Gasteiger partial charge in [-0.15, -0.1) is 0 Å². The highest BCUT2D eigenvalue weighted by atomic mass is 35.5. The number of carboxylic acid groups (broad SMARTS) is 1. The van der Waals surface area contributed by atoms with E-state index in [1.165, 1.54) is 4.90 Å². The molecule has 21 heteroatoms. The molecule has 2 unspecified atom stereocenters. The first kappa shape index (κ1) is 70.7. The first-order valence-corrected chi connectivity index (χ1v) is 31.9. The molecular formula is C72H83Cl2N7O12. The lowest BCUT2D eigenvalue weighted by Gasteiger charge is -2.47. The molecule has 6 aromatic rings. The van der Waals surface area contributed by atoms with Crippen LogP contribution >= 0.6 is 23.2 Å². The molecule has 4 aliphatic rings. The average molecular weight is 1310 g/mol. The van der Waals surface area contributed by atoms with Crippen LogP contribution in [0.5, 0.6) is 5.75 Å². The number of nitrogens with two attached hydrogens (primary N) is 1. The number of carbonyl (C=O) groups excluding carboxylic acids is 7. The normalized spacial score (nSPS) is 17.2. The second-order valence-electron chi connectivity index (χ2n) is 24.7. The molecule has 4 amide bonds. The van der Waals surface area contributed by atoms with Gasteiger partial charge in [0, 0.05) is 78.5 Å². The number of aliphatic carboxylic acids is 1. The lowest BCUT2D eigenvalue weighted by atomic mass is 9.87. The van der Waals surface area contributed by atoms with Crippen LogP contribution in [0.15, 0.2) is 146 Å². The van der Waals surface area contributed by atoms with E-state index >= 15 is 0 Å². The van der Waals surface area contributed by atoms with E-state index in [1.807, 2.05) is 103 Å². The number of amides is 4. The number of carbonyl (C=O) groups is 8. The van der Waals surface area contributed by atoms with Crippen molar-refractivity contribution in [3.05, 3.63) is 200 Å². The summed E-state index contributed by atoms with van der Waals surface area (Å²) in [4.78, 5) is 110. The number of benzene rings is 6. The molecule has 6 aromatic carbocycles. The monoisotopic (exact) mass is 1310 g/mol. The number of rotatable bonds is 23. The van der Waals surface area contributed by atoms with Crippen LogP contribution in [0.4, 0.5) is 5.69 Å². The van der Waals surface area contributed by atoms with Crippen molar-refractivity contribution in [2.45, 2.75) is 126 Å². The summed E-state index contributed by atoms with van der Waals surface area (Å²) in [6, 6.07) is 40.0. The molecular weight excluding hydrogens is 1230 g/mol. The number of nitrogens with one attached hydrogen (secondary N) is 2. The quantitative estimate of drug-likeness (QED) is 0.0265. The van der Waals surface area contributed by atoms with Gasteiger partial charge in [-0.2, -0.15) is 0 Å². The Morgan fingerprint density at radius 1 is 0.591 bits per heavy atom. The largest absolute Gasteiger partial charge is 0.480 e. The summed E-state index contributed by atoms with van der Waals surface area (Å²) in [6.07, 6.45) is 3.06. The van der Waals surface area contributed by atoms with E-state index in [4.69, 9.17) is 43.1 Å². The number of anilines is 1. The number of nitrogens with zero attached hydrogens (tertiary/aromatic N) is 4. The van der Waals surface area contributed by atoms with Crippen LogP contribution in [-0.4, -0.2) is 162 Å². The number of fused-ring (bicyclic) bond motifs is 2. The number of likely N-dealkylation sites (N-methyl/N-ethyl adjacent to an activating group) is 2. The fourth-order valence-corrected chi connectivity index (χ4v) is 11.8. The molecule has 10 rings (SSSR count). The van der Waals surface area contributed by atoms with Crippen molar-refractivity contribution >= 4 is 76.0 Å². The number of hydrogen-bond donors (Lipinski definition) is 4. The maximum atomic E-state index is 14.1. The van der Waals surface area contributed by atoms with Crippen LogP contribution in [0.25, 0.3) is 0 Å². The zero-order valence-electron chi connectivity index (χ0n) is 53.5. The van der Waals surface area contributed by atoms with Crippen LogP contribution < -0.4 is 21.1 Å². The lowest BCUT2D eigenvalue weighted by molar-refractivity contribution is -0.151. The maximum absolute atomic E-state index is 14.1. The third-order valence-corrected chi connectivity index (χ3v) is 18.8. The lowest BCUT2D eigenvalue weighted by Crippen LogP contribution is -2.61. The van der Waals surface area contributed by atoms with Gasteiger partial charge in [-0.1, -0.05) is 132 Å². The van der Waals surface area contributed by atoms with Crippen molar-refractivity contribution in [3.63, 3.8) is 0 Å². The minimum atomic E-state index is -1.02. The molecule has 5 N–H and O–H groups in total. The molecule has 0 radical (unpaired) electrons. The predicted octanol–water partition coefficient (Wildman–Crippen LogP) is 9.48. The first-order chi connectivity index (χ1) is 44.5. The van der Waals surface area contributed by atoms with Crippen molar-refractivity contribution in [1.29, 1.82) is 0 Å². The summed E-state index contributed by atoms with van der Waals surface area (Å²) in [5.41, 5.74) is 12.9. The third-order valence-electron chi connectivity index (χ3n) is 18.0. The minimum Gasteiger partial charge on any atom is -0.480 e. The van der Waals surface area contributed by atoms with Gasteiger partial charge in [0.25, 0.3) is 0 Å². The Kier molecular flexibility index (Phi) is 24.8. The van der Waals surface area contributed by atoms with E-state index in [1.54, 1.807) is 89.8 Å². The van der Waals surface area contributed by atoms with Crippen molar-refractivity contribution in [2.75, 3.05) is 59.9 Å². The molecule has 0 aliphatic carbocycles. The van der Waals surface area contributed by atoms with Crippen LogP contribution in [0.1, 0.15) is 105 Å². The highest BCUT2D eigenvalue weighted by Crippen LogP contribution is 2.32. The zero-order chi connectivity index (χ0) is 67.0. The first-order valence-electron chi connectivity index (χ1n) is 31.2. The number of halogens is 2. The Labute approximate surface area is 553 Å². The molecule has 93 heavy (non-hydrogen) atoms. The van der Waals surface area contributed by atoms with Gasteiger partial charge in [0.05, 0.1) is 37.5 Å². The Morgan fingerprint density at radius 2 is 1.03 bits per heavy atom. The second kappa shape index (κ2) is 32.6. The molecule has 492 valence electrons. The number of hydrogen-bond acceptors (Lipinski definition) is 14. The fourth-order valence-electron chi connectivity index (χ4n) is 11.5. The molecule has 2 saturated heterocycles. The summed E-state index contributed by atoms with van der Waals surface area (Å²) in [6.45, 7) is 6.67. The number of ketones is 2. The maximum Gasteiger partial charge on any atom is 0.328 e. The second-order valence-corrected chi connectivity index (χ2v) is 25.5. The van der Waals surface area contributed by atoms with Crippen LogP contribution in [-0.2, 0) is 64.2 Å². The summed E-state index contributed by atoms with van der Waals surface area (Å²) in [5.74, 6) is -2.56. The summed E-state index contributed by atoms with van der Waals surface area (Å²) < 4.78 is 16.1. The Morgan fingerprint density at radius 3 is 1.48 bits per heavy atom. The molecule has 4 heterocycles. The van der Waals surface area contributed by atoms with Crippen LogP contribution in [0.3, 0.4) is 0 Å². The highest BCUT2D eigenvalue weighted by molar-refractivity contribution is 6.31. The Hall–Kier alpha value is -8.14. The molecule has 0 aromatic heterocycles. The van der Waals surface area contributed by atoms with Crippen LogP contribution in [0.2, 0.25) is 10.0 Å². The molecule has 0 spiro atoms. The summed E-state index contributed by atoms with van der Waals surface area (Å²) >= 11 is 12.1. The van der Waals surface area contributed by atoms with Crippen LogP contribution in [0, 0.1) is 13.8 Å². The average Bonchev–Trinajstić information content (AvgIpc) is 0.837. The van der Waals surface area contributed by atoms with E-state index in [0.29, 0.717) is 91.1 Å². The molecule has 0 saturated carbocycles.